The summed E-state index contributed by atoms with van der Waals surface area (Å²) < 4.78 is 7.11. The second kappa shape index (κ2) is 3.92. The molecule has 1 heterocycles. The van der Waals surface area contributed by atoms with Crippen LogP contribution in [0.5, 0.6) is 17.2 Å². The van der Waals surface area contributed by atoms with Gasteiger partial charge in [-0.25, -0.2) is 0 Å². The first-order chi connectivity index (χ1) is 8.20. The summed E-state index contributed by atoms with van der Waals surface area (Å²) in [5.41, 5.74) is 0. The summed E-state index contributed by atoms with van der Waals surface area (Å²) in [6.07, 6.45) is 0. The van der Waals surface area contributed by atoms with Crippen molar-refractivity contribution in [1.29, 1.82) is 0 Å². The fourth-order valence-corrected chi connectivity index (χ4v) is 3.57. The second-order valence-corrected chi connectivity index (χ2v) is 5.14. The van der Waals surface area contributed by atoms with Crippen LogP contribution < -0.4 is 3.07 Å². The minimum Gasteiger partial charge on any atom is -0.508 e. The molecule has 0 spiro atoms. The zero-order valence-electron chi connectivity index (χ0n) is 8.48. The van der Waals surface area contributed by atoms with Gasteiger partial charge in [0.05, 0.1) is 4.70 Å². The van der Waals surface area contributed by atoms with Crippen LogP contribution in [0, 0.1) is 0 Å². The van der Waals surface area contributed by atoms with Gasteiger partial charge in [-0.2, -0.15) is 0 Å². The van der Waals surface area contributed by atoms with Gasteiger partial charge in [-0.1, -0.05) is 6.07 Å². The van der Waals surface area contributed by atoms with Crippen molar-refractivity contribution in [3.63, 3.8) is 0 Å². The summed E-state index contributed by atoms with van der Waals surface area (Å²) in [7, 11) is 0. The van der Waals surface area contributed by atoms with Crippen molar-refractivity contribution >= 4 is 54.5 Å². The van der Waals surface area contributed by atoms with Crippen LogP contribution in [0.4, 0.5) is 0 Å². The molecule has 0 aliphatic carbocycles. The molecule has 5 heteroatoms. The molecule has 0 saturated carbocycles. The van der Waals surface area contributed by atoms with Crippen molar-refractivity contribution in [2.75, 3.05) is 0 Å². The second-order valence-electron chi connectivity index (χ2n) is 3.65. The van der Waals surface area contributed by atoms with Gasteiger partial charge in [0.1, 0.15) is 11.5 Å². The monoisotopic (exact) mass is 358 g/mol. The van der Waals surface area contributed by atoms with Crippen molar-refractivity contribution in [3.8, 4) is 17.2 Å². The van der Waals surface area contributed by atoms with Gasteiger partial charge in [-0.3, -0.25) is 0 Å². The lowest BCUT2D eigenvalue weighted by atomic mass is 10.1. The molecule has 0 unspecified atom stereocenters. The van der Waals surface area contributed by atoms with Gasteiger partial charge in [0.25, 0.3) is 0 Å². The highest BCUT2D eigenvalue weighted by Gasteiger charge is 2.13. The number of hydrogen-bond donors (Lipinski definition) is 2. The maximum atomic E-state index is 9.89. The van der Waals surface area contributed by atoms with Gasteiger partial charge < -0.3 is 13.3 Å². The summed E-state index contributed by atoms with van der Waals surface area (Å²) in [5, 5.41) is 21.1. The van der Waals surface area contributed by atoms with E-state index in [0.29, 0.717) is 5.75 Å². The first-order valence-electron chi connectivity index (χ1n) is 4.86. The average Bonchev–Trinajstić information content (AvgIpc) is 2.67. The maximum Gasteiger partial charge on any atom is 0.192 e. The molecule has 0 amide bonds. The number of aromatic hydroxyl groups is 2. The summed E-state index contributed by atoms with van der Waals surface area (Å²) >= 11 is 3.32. The molecule has 0 fully saturated rings. The van der Waals surface area contributed by atoms with Crippen LogP contribution >= 0.6 is 34.3 Å². The van der Waals surface area contributed by atoms with E-state index in [4.69, 9.17) is 3.07 Å². The van der Waals surface area contributed by atoms with E-state index in [0.717, 1.165) is 20.2 Å². The Bertz CT molecular complexity index is 720. The van der Waals surface area contributed by atoms with E-state index in [1.165, 1.54) is 11.3 Å². The number of thiophene rings is 1. The van der Waals surface area contributed by atoms with Gasteiger partial charge in [-0.15, -0.1) is 11.3 Å². The predicted molar refractivity (Wildman–Crippen MR) is 77.3 cm³/mol. The van der Waals surface area contributed by atoms with Crippen LogP contribution in [0.1, 0.15) is 0 Å². The lowest BCUT2D eigenvalue weighted by Crippen LogP contribution is -1.75. The van der Waals surface area contributed by atoms with E-state index >= 15 is 0 Å². The van der Waals surface area contributed by atoms with Gasteiger partial charge in [0.15, 0.2) is 28.8 Å². The Labute approximate surface area is 115 Å². The van der Waals surface area contributed by atoms with Gasteiger partial charge in [-0.05, 0) is 18.2 Å². The fourth-order valence-electron chi connectivity index (χ4n) is 1.92. The van der Waals surface area contributed by atoms with E-state index in [-0.39, 0.29) is 11.5 Å². The summed E-state index contributed by atoms with van der Waals surface area (Å²) in [6, 6.07) is 8.60. The van der Waals surface area contributed by atoms with E-state index in [9.17, 15) is 10.2 Å². The first-order valence-corrected chi connectivity index (χ1v) is 6.56. The lowest BCUT2D eigenvalue weighted by Gasteiger charge is -2.00. The largest absolute Gasteiger partial charge is 0.508 e. The highest BCUT2D eigenvalue weighted by atomic mass is 127. The van der Waals surface area contributed by atoms with Gasteiger partial charge in [0.2, 0.25) is 0 Å². The third kappa shape index (κ3) is 1.61. The van der Waals surface area contributed by atoms with Crippen LogP contribution in [-0.4, -0.2) is 10.2 Å². The number of phenolic OH excluding ortho intramolecular Hbond substituents is 2. The molecular formula is C12H7IO3S. The van der Waals surface area contributed by atoms with Gasteiger partial charge >= 0.3 is 0 Å². The Morgan fingerprint density at radius 2 is 2.00 bits per heavy atom. The van der Waals surface area contributed by atoms with Crippen LogP contribution in [0.25, 0.3) is 20.2 Å². The van der Waals surface area contributed by atoms with Crippen LogP contribution in [0.15, 0.2) is 30.3 Å². The molecule has 3 nitrogen and oxygen atoms in total. The van der Waals surface area contributed by atoms with Crippen molar-refractivity contribution in [1.82, 2.24) is 0 Å². The molecule has 0 aliphatic heterocycles. The molecule has 1 aromatic heterocycles. The highest BCUT2D eigenvalue weighted by Crippen LogP contribution is 2.44. The van der Waals surface area contributed by atoms with Crippen LogP contribution in [-0.2, 0) is 0 Å². The maximum absolute atomic E-state index is 9.89. The number of fused-ring (bicyclic) bond motifs is 3. The zero-order valence-corrected chi connectivity index (χ0v) is 11.4. The van der Waals surface area contributed by atoms with Crippen molar-refractivity contribution in [3.05, 3.63) is 30.3 Å². The molecule has 3 aromatic rings. The Morgan fingerprint density at radius 1 is 1.18 bits per heavy atom. The van der Waals surface area contributed by atoms with E-state index < -0.39 is 0 Å². The third-order valence-corrected chi connectivity index (χ3v) is 4.27. The fraction of sp³-hybridized carbons (Fsp3) is 0. The first kappa shape index (κ1) is 10.9. The molecule has 0 radical (unpaired) electrons. The summed E-state index contributed by atoms with van der Waals surface area (Å²) in [4.78, 5) is 0. The summed E-state index contributed by atoms with van der Waals surface area (Å²) in [6.45, 7) is 0. The lowest BCUT2D eigenvalue weighted by molar-refractivity contribution is 0.474. The van der Waals surface area contributed by atoms with Crippen molar-refractivity contribution in [2.24, 2.45) is 0 Å². The Hall–Kier alpha value is -1.21. The molecule has 0 aliphatic rings. The molecule has 0 bridgehead atoms. The Morgan fingerprint density at radius 3 is 2.76 bits per heavy atom. The normalized spacial score (nSPS) is 11.1. The molecule has 86 valence electrons. The highest BCUT2D eigenvalue weighted by molar-refractivity contribution is 14.1. The Balaban J connectivity index is 2.57. The molecule has 3 rings (SSSR count). The van der Waals surface area contributed by atoms with Crippen LogP contribution in [0.3, 0.4) is 0 Å². The minimum atomic E-state index is 0.132. The van der Waals surface area contributed by atoms with E-state index in [2.05, 4.69) is 0 Å². The molecule has 0 atom stereocenters. The quantitative estimate of drug-likeness (QED) is 0.642. The SMILES string of the molecule is Oc1cc(OI)c2sc3cccc(O)c3c2c1. The number of benzene rings is 2. The van der Waals surface area contributed by atoms with Gasteiger partial charge in [0, 0.05) is 21.5 Å². The standard InChI is InChI=1S/C12H7IO3S/c13-16-9-5-6(14)4-7-11-8(15)2-1-3-10(11)17-12(7)9/h1-5,14-15H. The molecular weight excluding hydrogens is 351 g/mol. The molecule has 17 heavy (non-hydrogen) atoms. The molecule has 0 saturated heterocycles. The predicted octanol–water partition coefficient (Wildman–Crippen LogP) is 4.19. The number of hydrogen-bond acceptors (Lipinski definition) is 4. The van der Waals surface area contributed by atoms with E-state index in [1.807, 2.05) is 6.07 Å². The third-order valence-electron chi connectivity index (χ3n) is 2.61. The Kier molecular flexibility index (Phi) is 2.52. The summed E-state index contributed by atoms with van der Waals surface area (Å²) in [5.74, 6) is 0.965. The number of halogens is 1. The minimum absolute atomic E-state index is 0.132. The van der Waals surface area contributed by atoms with Crippen molar-refractivity contribution in [2.45, 2.75) is 0 Å². The molecule has 2 N–H and O–H groups in total. The van der Waals surface area contributed by atoms with E-state index in [1.54, 1.807) is 47.3 Å². The molecule has 2 aromatic carbocycles. The number of phenols is 2. The topological polar surface area (TPSA) is 49.7 Å². The van der Waals surface area contributed by atoms with Crippen LogP contribution in [0.2, 0.25) is 0 Å². The van der Waals surface area contributed by atoms with Crippen molar-refractivity contribution < 1.29 is 13.3 Å². The number of rotatable bonds is 1. The smallest absolute Gasteiger partial charge is 0.192 e. The average molecular weight is 358 g/mol. The zero-order chi connectivity index (χ0) is 12.0.